The lowest BCUT2D eigenvalue weighted by atomic mass is 10.2. The Morgan fingerprint density at radius 3 is 2.45 bits per heavy atom. The van der Waals surface area contributed by atoms with Crippen LogP contribution >= 0.6 is 0 Å². The van der Waals surface area contributed by atoms with E-state index in [4.69, 9.17) is 4.18 Å². The Bertz CT molecular complexity index is 982. The van der Waals surface area contributed by atoms with Crippen molar-refractivity contribution in [3.63, 3.8) is 0 Å². The Hall–Kier alpha value is -2.38. The van der Waals surface area contributed by atoms with E-state index in [0.717, 1.165) is 5.56 Å². The van der Waals surface area contributed by atoms with E-state index < -0.39 is 10.1 Å². The summed E-state index contributed by atoms with van der Waals surface area (Å²) in [7, 11) is -1.86. The number of hydrogen-bond acceptors (Lipinski definition) is 5. The lowest BCUT2D eigenvalue weighted by molar-refractivity contribution is 0.0939. The summed E-state index contributed by atoms with van der Waals surface area (Å²) in [4.78, 5) is 14.8. The molecule has 0 aliphatic heterocycles. The van der Waals surface area contributed by atoms with Crippen molar-refractivity contribution in [1.29, 1.82) is 0 Å². The zero-order valence-corrected chi connectivity index (χ0v) is 18.1. The summed E-state index contributed by atoms with van der Waals surface area (Å²) in [6, 6.07) is 12.2. The maximum absolute atomic E-state index is 12.6. The van der Waals surface area contributed by atoms with Crippen molar-refractivity contribution in [2.75, 3.05) is 13.6 Å². The molecule has 1 saturated carbocycles. The highest BCUT2D eigenvalue weighted by molar-refractivity contribution is 7.87. The Kier molecular flexibility index (Phi) is 6.29. The third kappa shape index (κ3) is 5.36. The number of aryl methyl sites for hydroxylation is 2. The topological polar surface area (TPSA) is 75.7 Å². The SMILES string of the molecule is Cc1ccc(C)c(S(=O)(=O)Oc2ccc(C(=O)NCC(C)N(C)C3CC3)cc2)c1. The highest BCUT2D eigenvalue weighted by Crippen LogP contribution is 2.27. The highest BCUT2D eigenvalue weighted by atomic mass is 32.2. The van der Waals surface area contributed by atoms with Crippen LogP contribution in [0.5, 0.6) is 5.75 Å². The summed E-state index contributed by atoms with van der Waals surface area (Å²) < 4.78 is 30.4. The molecule has 0 heterocycles. The third-order valence-electron chi connectivity index (χ3n) is 5.31. The van der Waals surface area contributed by atoms with E-state index in [2.05, 4.69) is 24.2 Å². The summed E-state index contributed by atoms with van der Waals surface area (Å²) in [5, 5.41) is 2.93. The maximum atomic E-state index is 12.6. The number of likely N-dealkylation sites (N-methyl/N-ethyl adjacent to an activating group) is 1. The standard InChI is InChI=1S/C22H28N2O4S/c1-15-5-6-16(2)21(13-15)29(26,27)28-20-11-7-18(8-12-20)22(25)23-14-17(3)24(4)19-9-10-19/h5-8,11-13,17,19H,9-10,14H2,1-4H3,(H,23,25). The minimum Gasteiger partial charge on any atom is -0.379 e. The maximum Gasteiger partial charge on any atom is 0.339 e. The lowest BCUT2D eigenvalue weighted by Gasteiger charge is -2.24. The van der Waals surface area contributed by atoms with Crippen molar-refractivity contribution in [2.45, 2.75) is 50.6 Å². The van der Waals surface area contributed by atoms with Crippen molar-refractivity contribution in [3.05, 3.63) is 59.2 Å². The summed E-state index contributed by atoms with van der Waals surface area (Å²) in [5.74, 6) is -0.0192. The molecule has 1 aliphatic carbocycles. The Labute approximate surface area is 173 Å². The van der Waals surface area contributed by atoms with Gasteiger partial charge >= 0.3 is 10.1 Å². The van der Waals surface area contributed by atoms with Gasteiger partial charge in [0.15, 0.2) is 0 Å². The fourth-order valence-electron chi connectivity index (χ4n) is 3.14. The molecule has 156 valence electrons. The average molecular weight is 417 g/mol. The predicted octanol–water partition coefficient (Wildman–Crippen LogP) is 3.28. The first kappa shape index (κ1) is 21.3. The van der Waals surface area contributed by atoms with Crippen LogP contribution in [0.25, 0.3) is 0 Å². The first-order valence-electron chi connectivity index (χ1n) is 9.79. The monoisotopic (exact) mass is 416 g/mol. The highest BCUT2D eigenvalue weighted by Gasteiger charge is 2.29. The number of carbonyl (C=O) groups is 1. The van der Waals surface area contributed by atoms with Crippen LogP contribution in [0, 0.1) is 13.8 Å². The van der Waals surface area contributed by atoms with Gasteiger partial charge < -0.3 is 9.50 Å². The van der Waals surface area contributed by atoms with Crippen LogP contribution in [0.4, 0.5) is 0 Å². The average Bonchev–Trinajstić information content (AvgIpc) is 3.52. The zero-order valence-electron chi connectivity index (χ0n) is 17.3. The first-order chi connectivity index (χ1) is 13.7. The van der Waals surface area contributed by atoms with Crippen LogP contribution in [0.2, 0.25) is 0 Å². The van der Waals surface area contributed by atoms with Gasteiger partial charge in [0.1, 0.15) is 10.6 Å². The second kappa shape index (κ2) is 8.55. The smallest absolute Gasteiger partial charge is 0.339 e. The molecule has 0 saturated heterocycles. The number of hydrogen-bond donors (Lipinski definition) is 1. The third-order valence-corrected chi connectivity index (χ3v) is 6.70. The van der Waals surface area contributed by atoms with E-state index in [0.29, 0.717) is 23.7 Å². The number of carbonyl (C=O) groups excluding carboxylic acids is 1. The van der Waals surface area contributed by atoms with Gasteiger partial charge in [-0.2, -0.15) is 8.42 Å². The van der Waals surface area contributed by atoms with E-state index in [1.807, 2.05) is 13.0 Å². The molecule has 7 heteroatoms. The van der Waals surface area contributed by atoms with E-state index in [9.17, 15) is 13.2 Å². The Morgan fingerprint density at radius 1 is 1.17 bits per heavy atom. The summed E-state index contributed by atoms with van der Waals surface area (Å²) >= 11 is 0. The predicted molar refractivity (Wildman–Crippen MR) is 113 cm³/mol. The molecule has 29 heavy (non-hydrogen) atoms. The molecule has 1 aliphatic rings. The van der Waals surface area contributed by atoms with E-state index >= 15 is 0 Å². The number of rotatable bonds is 8. The molecule has 2 aromatic carbocycles. The molecule has 1 amide bonds. The van der Waals surface area contributed by atoms with Gasteiger partial charge in [0.25, 0.3) is 5.91 Å². The van der Waals surface area contributed by atoms with E-state index in [-0.39, 0.29) is 22.6 Å². The minimum atomic E-state index is -3.94. The molecule has 0 radical (unpaired) electrons. The van der Waals surface area contributed by atoms with Crippen LogP contribution in [-0.2, 0) is 10.1 Å². The van der Waals surface area contributed by atoms with Crippen molar-refractivity contribution in [1.82, 2.24) is 10.2 Å². The molecule has 6 nitrogen and oxygen atoms in total. The van der Waals surface area contributed by atoms with E-state index in [1.54, 1.807) is 31.2 Å². The van der Waals surface area contributed by atoms with E-state index in [1.165, 1.54) is 25.0 Å². The van der Waals surface area contributed by atoms with Gasteiger partial charge in [-0.25, -0.2) is 0 Å². The molecular weight excluding hydrogens is 388 g/mol. The van der Waals surface area contributed by atoms with Crippen LogP contribution in [-0.4, -0.2) is 44.9 Å². The summed E-state index contributed by atoms with van der Waals surface area (Å²) in [6.07, 6.45) is 2.45. The largest absolute Gasteiger partial charge is 0.379 e. The molecule has 1 fully saturated rings. The van der Waals surface area contributed by atoms with Gasteiger partial charge in [-0.1, -0.05) is 12.1 Å². The number of nitrogens with one attached hydrogen (secondary N) is 1. The number of nitrogens with zero attached hydrogens (tertiary/aromatic N) is 1. The van der Waals surface area contributed by atoms with Crippen LogP contribution in [0.15, 0.2) is 47.4 Å². The molecular formula is C22H28N2O4S. The normalized spacial score (nSPS) is 15.2. The molecule has 1 N–H and O–H groups in total. The summed E-state index contributed by atoms with van der Waals surface area (Å²) in [5.41, 5.74) is 1.92. The van der Waals surface area contributed by atoms with Crippen LogP contribution < -0.4 is 9.50 Å². The first-order valence-corrected chi connectivity index (χ1v) is 11.2. The number of amides is 1. The van der Waals surface area contributed by atoms with Crippen molar-refractivity contribution in [3.8, 4) is 5.75 Å². The Balaban J connectivity index is 1.62. The van der Waals surface area contributed by atoms with Gasteiger partial charge in [-0.15, -0.1) is 0 Å². The van der Waals surface area contributed by atoms with Crippen LogP contribution in [0.1, 0.15) is 41.3 Å². The zero-order chi connectivity index (χ0) is 21.2. The number of benzene rings is 2. The van der Waals surface area contributed by atoms with Gasteiger partial charge in [0.05, 0.1) is 0 Å². The fourth-order valence-corrected chi connectivity index (χ4v) is 4.39. The minimum absolute atomic E-state index is 0.146. The molecule has 2 aromatic rings. The van der Waals surface area contributed by atoms with Gasteiger partial charge in [0, 0.05) is 24.2 Å². The van der Waals surface area contributed by atoms with Gasteiger partial charge in [0.2, 0.25) is 0 Å². The molecule has 0 spiro atoms. The summed E-state index contributed by atoms with van der Waals surface area (Å²) in [6.45, 7) is 6.21. The second-order valence-electron chi connectivity index (χ2n) is 7.79. The van der Waals surface area contributed by atoms with Crippen molar-refractivity contribution < 1.29 is 17.4 Å². The molecule has 0 bridgehead atoms. The molecule has 1 atom stereocenters. The fraction of sp³-hybridized carbons (Fsp3) is 0.409. The lowest BCUT2D eigenvalue weighted by Crippen LogP contribution is -2.41. The van der Waals surface area contributed by atoms with Crippen molar-refractivity contribution in [2.24, 2.45) is 0 Å². The Morgan fingerprint density at radius 2 is 1.83 bits per heavy atom. The molecule has 0 aromatic heterocycles. The van der Waals surface area contributed by atoms with Crippen molar-refractivity contribution >= 4 is 16.0 Å². The van der Waals surface area contributed by atoms with Crippen LogP contribution in [0.3, 0.4) is 0 Å². The molecule has 3 rings (SSSR count). The van der Waals surface area contributed by atoms with Gasteiger partial charge in [-0.3, -0.25) is 9.69 Å². The van der Waals surface area contributed by atoms with Gasteiger partial charge in [-0.05, 0) is 82.1 Å². The molecule has 1 unspecified atom stereocenters. The quantitative estimate of drug-likeness (QED) is 0.669. The second-order valence-corrected chi connectivity index (χ2v) is 9.30.